The van der Waals surface area contributed by atoms with Crippen LogP contribution in [-0.2, 0) is 14.3 Å². The van der Waals surface area contributed by atoms with Crippen LogP contribution in [0.15, 0.2) is 24.3 Å². The second-order valence-electron chi connectivity index (χ2n) is 5.41. The van der Waals surface area contributed by atoms with Gasteiger partial charge in [0.25, 0.3) is 5.91 Å². The number of benzene rings is 1. The summed E-state index contributed by atoms with van der Waals surface area (Å²) >= 11 is 0. The minimum absolute atomic E-state index is 0.0250. The van der Waals surface area contributed by atoms with Gasteiger partial charge >= 0.3 is 5.97 Å². The minimum atomic E-state index is -0.897. The molecular formula is C15H17NO4. The fourth-order valence-corrected chi connectivity index (χ4v) is 2.53. The monoisotopic (exact) mass is 275 g/mol. The Morgan fingerprint density at radius 3 is 2.75 bits per heavy atom. The number of amides is 1. The third kappa shape index (κ3) is 2.54. The van der Waals surface area contributed by atoms with Gasteiger partial charge in [0.15, 0.2) is 0 Å². The van der Waals surface area contributed by atoms with Gasteiger partial charge in [-0.05, 0) is 30.4 Å². The molecule has 0 saturated heterocycles. The summed E-state index contributed by atoms with van der Waals surface area (Å²) in [5.74, 6) is -1.09. The molecule has 0 spiro atoms. The lowest BCUT2D eigenvalue weighted by atomic mass is 10.0. The Labute approximate surface area is 117 Å². The standard InChI is InChI=1S/C15H17NO4/c17-14(9-20-8-10-5-6-10)16-7-12(15(18)19)11-3-1-2-4-13(11)16/h1-4,10,12H,5-9H2,(H,18,19)/t12-/m0/s1. The highest BCUT2D eigenvalue weighted by atomic mass is 16.5. The van der Waals surface area contributed by atoms with Crippen LogP contribution in [0.3, 0.4) is 0 Å². The minimum Gasteiger partial charge on any atom is -0.481 e. The number of hydrogen-bond donors (Lipinski definition) is 1. The van der Waals surface area contributed by atoms with Crippen molar-refractivity contribution in [2.24, 2.45) is 5.92 Å². The van der Waals surface area contributed by atoms with E-state index >= 15 is 0 Å². The summed E-state index contributed by atoms with van der Waals surface area (Å²) < 4.78 is 5.40. The zero-order valence-electron chi connectivity index (χ0n) is 11.1. The lowest BCUT2D eigenvalue weighted by molar-refractivity contribution is -0.138. The second-order valence-corrected chi connectivity index (χ2v) is 5.41. The Hall–Kier alpha value is -1.88. The Balaban J connectivity index is 1.70. The van der Waals surface area contributed by atoms with E-state index in [0.717, 1.165) is 0 Å². The normalized spacial score (nSPS) is 20.8. The molecule has 1 saturated carbocycles. The molecule has 106 valence electrons. The molecule has 5 nitrogen and oxygen atoms in total. The van der Waals surface area contributed by atoms with E-state index in [1.165, 1.54) is 17.7 Å². The van der Waals surface area contributed by atoms with Crippen molar-refractivity contribution in [3.63, 3.8) is 0 Å². The molecule has 5 heteroatoms. The molecule has 1 N–H and O–H groups in total. The van der Waals surface area contributed by atoms with Crippen molar-refractivity contribution in [1.29, 1.82) is 0 Å². The predicted molar refractivity (Wildman–Crippen MR) is 72.7 cm³/mol. The largest absolute Gasteiger partial charge is 0.481 e. The summed E-state index contributed by atoms with van der Waals surface area (Å²) in [5, 5.41) is 9.25. The average Bonchev–Trinajstić information content (AvgIpc) is 3.17. The summed E-state index contributed by atoms with van der Waals surface area (Å²) in [6.07, 6.45) is 2.36. The first-order chi connectivity index (χ1) is 9.66. The summed E-state index contributed by atoms with van der Waals surface area (Å²) in [7, 11) is 0. The van der Waals surface area contributed by atoms with Crippen molar-refractivity contribution in [2.45, 2.75) is 18.8 Å². The van der Waals surface area contributed by atoms with Crippen LogP contribution in [0.4, 0.5) is 5.69 Å². The van der Waals surface area contributed by atoms with Gasteiger partial charge in [-0.1, -0.05) is 18.2 Å². The molecule has 0 aromatic heterocycles. The molecule has 1 aliphatic heterocycles. The first kappa shape index (κ1) is 13.1. The van der Waals surface area contributed by atoms with Gasteiger partial charge in [0.1, 0.15) is 12.5 Å². The Morgan fingerprint density at radius 2 is 2.05 bits per heavy atom. The van der Waals surface area contributed by atoms with E-state index in [2.05, 4.69) is 0 Å². The van der Waals surface area contributed by atoms with Crippen molar-refractivity contribution < 1.29 is 19.4 Å². The molecule has 1 amide bonds. The number of fused-ring (bicyclic) bond motifs is 1. The maximum Gasteiger partial charge on any atom is 0.312 e. The highest BCUT2D eigenvalue weighted by Gasteiger charge is 2.36. The lowest BCUT2D eigenvalue weighted by Gasteiger charge is -2.17. The number of carbonyl (C=O) groups is 2. The zero-order chi connectivity index (χ0) is 14.1. The molecule has 1 aromatic carbocycles. The van der Waals surface area contributed by atoms with Gasteiger partial charge in [0.05, 0.1) is 6.61 Å². The molecule has 3 rings (SSSR count). The number of anilines is 1. The number of nitrogens with zero attached hydrogens (tertiary/aromatic N) is 1. The molecule has 1 aliphatic carbocycles. The first-order valence-electron chi connectivity index (χ1n) is 6.86. The van der Waals surface area contributed by atoms with Gasteiger partial charge < -0.3 is 14.7 Å². The summed E-state index contributed by atoms with van der Waals surface area (Å²) in [5.41, 5.74) is 1.40. The quantitative estimate of drug-likeness (QED) is 0.887. The molecule has 20 heavy (non-hydrogen) atoms. The van der Waals surface area contributed by atoms with Gasteiger partial charge in [-0.25, -0.2) is 0 Å². The lowest BCUT2D eigenvalue weighted by Crippen LogP contribution is -2.34. The van der Waals surface area contributed by atoms with Crippen molar-refractivity contribution >= 4 is 17.6 Å². The summed E-state index contributed by atoms with van der Waals surface area (Å²) in [4.78, 5) is 25.0. The molecule has 0 bridgehead atoms. The number of rotatable bonds is 5. The van der Waals surface area contributed by atoms with Gasteiger partial charge in [-0.3, -0.25) is 9.59 Å². The number of carboxylic acids is 1. The Bertz CT molecular complexity index is 538. The predicted octanol–water partition coefficient (Wildman–Crippen LogP) is 1.63. The fraction of sp³-hybridized carbons (Fsp3) is 0.467. The summed E-state index contributed by atoms with van der Waals surface area (Å²) in [6, 6.07) is 7.17. The second kappa shape index (κ2) is 5.25. The van der Waals surface area contributed by atoms with Gasteiger partial charge in [0, 0.05) is 12.2 Å². The number of ether oxygens (including phenoxy) is 1. The van der Waals surface area contributed by atoms with Crippen LogP contribution in [0.2, 0.25) is 0 Å². The Morgan fingerprint density at radius 1 is 1.30 bits per heavy atom. The van der Waals surface area contributed by atoms with Gasteiger partial charge in [0.2, 0.25) is 0 Å². The van der Waals surface area contributed by atoms with E-state index < -0.39 is 11.9 Å². The van der Waals surface area contributed by atoms with Crippen LogP contribution < -0.4 is 4.90 Å². The molecular weight excluding hydrogens is 258 g/mol. The molecule has 0 radical (unpaired) electrons. The van der Waals surface area contributed by atoms with Crippen molar-refractivity contribution in [3.8, 4) is 0 Å². The highest BCUT2D eigenvalue weighted by molar-refractivity contribution is 5.99. The van der Waals surface area contributed by atoms with E-state index in [4.69, 9.17) is 4.74 Å². The molecule has 1 fully saturated rings. The maximum atomic E-state index is 12.2. The van der Waals surface area contributed by atoms with Crippen molar-refractivity contribution in [3.05, 3.63) is 29.8 Å². The number of hydrogen-bond acceptors (Lipinski definition) is 3. The SMILES string of the molecule is O=C(O)[C@H]1CN(C(=O)COCC2CC2)c2ccccc21. The van der Waals surface area contributed by atoms with Crippen molar-refractivity contribution in [2.75, 3.05) is 24.7 Å². The molecule has 0 unspecified atom stereocenters. The van der Waals surface area contributed by atoms with Crippen LogP contribution in [0.25, 0.3) is 0 Å². The topological polar surface area (TPSA) is 66.8 Å². The number of carboxylic acid groups (broad SMARTS) is 1. The first-order valence-corrected chi connectivity index (χ1v) is 6.86. The van der Waals surface area contributed by atoms with Gasteiger partial charge in [-0.15, -0.1) is 0 Å². The van der Waals surface area contributed by atoms with E-state index in [0.29, 0.717) is 23.8 Å². The van der Waals surface area contributed by atoms with Crippen LogP contribution in [0.5, 0.6) is 0 Å². The number of carbonyl (C=O) groups excluding carboxylic acids is 1. The van der Waals surface area contributed by atoms with Crippen LogP contribution in [-0.4, -0.2) is 36.7 Å². The van der Waals surface area contributed by atoms with E-state index in [1.54, 1.807) is 18.2 Å². The van der Waals surface area contributed by atoms with Gasteiger partial charge in [-0.2, -0.15) is 0 Å². The molecule has 1 aromatic rings. The third-order valence-corrected chi connectivity index (χ3v) is 3.84. The maximum absolute atomic E-state index is 12.2. The number of para-hydroxylation sites is 1. The van der Waals surface area contributed by atoms with E-state index in [1.807, 2.05) is 6.07 Å². The van der Waals surface area contributed by atoms with Crippen LogP contribution >= 0.6 is 0 Å². The fourth-order valence-electron chi connectivity index (χ4n) is 2.53. The third-order valence-electron chi connectivity index (χ3n) is 3.84. The van der Waals surface area contributed by atoms with Crippen LogP contribution in [0, 0.1) is 5.92 Å². The Kier molecular flexibility index (Phi) is 3.44. The zero-order valence-corrected chi connectivity index (χ0v) is 11.1. The van der Waals surface area contributed by atoms with E-state index in [-0.39, 0.29) is 19.1 Å². The number of aliphatic carboxylic acids is 1. The smallest absolute Gasteiger partial charge is 0.312 e. The average molecular weight is 275 g/mol. The molecule has 1 atom stereocenters. The highest BCUT2D eigenvalue weighted by Crippen LogP contribution is 2.36. The van der Waals surface area contributed by atoms with Crippen LogP contribution in [0.1, 0.15) is 24.3 Å². The summed E-state index contributed by atoms with van der Waals surface area (Å²) in [6.45, 7) is 0.848. The van der Waals surface area contributed by atoms with E-state index in [9.17, 15) is 14.7 Å². The molecule has 1 heterocycles. The van der Waals surface area contributed by atoms with Crippen molar-refractivity contribution in [1.82, 2.24) is 0 Å². The molecule has 2 aliphatic rings.